The molecule has 0 aromatic rings. The summed E-state index contributed by atoms with van der Waals surface area (Å²) in [4.78, 5) is 22.1. The lowest BCUT2D eigenvalue weighted by atomic mass is 9.92. The van der Waals surface area contributed by atoms with Gasteiger partial charge in [-0.05, 0) is 12.5 Å². The Balaban J connectivity index is 2.46. The predicted molar refractivity (Wildman–Crippen MR) is 47.3 cm³/mol. The second kappa shape index (κ2) is 3.29. The van der Waals surface area contributed by atoms with Crippen LogP contribution < -0.4 is 0 Å². The number of hydrogen-bond donors (Lipinski definition) is 0. The third kappa shape index (κ3) is 1.23. The van der Waals surface area contributed by atoms with E-state index in [0.717, 1.165) is 11.9 Å². The summed E-state index contributed by atoms with van der Waals surface area (Å²) >= 11 is 0. The van der Waals surface area contributed by atoms with Crippen LogP contribution in [0.2, 0.25) is 0 Å². The van der Waals surface area contributed by atoms with Crippen LogP contribution in [0.4, 0.5) is 0 Å². The Kier molecular flexibility index (Phi) is 2.11. The van der Waals surface area contributed by atoms with E-state index in [1.807, 2.05) is 0 Å². The summed E-state index contributed by atoms with van der Waals surface area (Å²) < 4.78 is 10.0. The number of carbonyl (C=O) groups excluding carboxylic acids is 2. The van der Waals surface area contributed by atoms with Crippen LogP contribution in [0.5, 0.6) is 0 Å². The van der Waals surface area contributed by atoms with Crippen molar-refractivity contribution in [2.75, 3.05) is 6.61 Å². The normalized spacial score (nSPS) is 25.9. The van der Waals surface area contributed by atoms with E-state index in [2.05, 4.69) is 0 Å². The van der Waals surface area contributed by atoms with E-state index >= 15 is 0 Å². The first-order valence-electron chi connectivity index (χ1n) is 4.45. The lowest BCUT2D eigenvalue weighted by Crippen LogP contribution is -2.26. The summed E-state index contributed by atoms with van der Waals surface area (Å²) in [5, 5.41) is 0. The molecule has 0 saturated carbocycles. The molecule has 0 spiro atoms. The average Bonchev–Trinajstić information content (AvgIpc) is 2.18. The van der Waals surface area contributed by atoms with Gasteiger partial charge in [0.25, 0.3) is 0 Å². The third-order valence-electron chi connectivity index (χ3n) is 2.43. The fraction of sp³-hybridized carbons (Fsp3) is 0.400. The molecule has 1 saturated heterocycles. The number of fused-ring (bicyclic) bond motifs is 1. The Hall–Kier alpha value is -1.58. The van der Waals surface area contributed by atoms with Gasteiger partial charge in [-0.2, -0.15) is 0 Å². The molecule has 4 nitrogen and oxygen atoms in total. The van der Waals surface area contributed by atoms with E-state index < -0.39 is 5.97 Å². The maximum atomic E-state index is 11.3. The molecule has 1 fully saturated rings. The standard InChI is InChI=1S/C10H10O4/c1-6-8(4-11)7-2-3-13-10(12)9(7)5-14-6/h4-6H,2-3H2,1H3/t6-/m1/s1. The van der Waals surface area contributed by atoms with Crippen molar-refractivity contribution < 1.29 is 19.1 Å². The second-order valence-electron chi connectivity index (χ2n) is 3.25. The highest BCUT2D eigenvalue weighted by atomic mass is 16.5. The number of cyclic esters (lactones) is 1. The van der Waals surface area contributed by atoms with Crippen LogP contribution >= 0.6 is 0 Å². The number of rotatable bonds is 1. The van der Waals surface area contributed by atoms with Gasteiger partial charge in [0.15, 0.2) is 0 Å². The molecule has 4 heteroatoms. The van der Waals surface area contributed by atoms with Gasteiger partial charge < -0.3 is 9.47 Å². The van der Waals surface area contributed by atoms with Gasteiger partial charge in [-0.15, -0.1) is 0 Å². The van der Waals surface area contributed by atoms with Gasteiger partial charge in [0, 0.05) is 12.0 Å². The number of aldehydes is 1. The maximum absolute atomic E-state index is 11.3. The Morgan fingerprint density at radius 3 is 3.07 bits per heavy atom. The molecule has 0 radical (unpaired) electrons. The van der Waals surface area contributed by atoms with Crippen LogP contribution in [-0.2, 0) is 19.1 Å². The average molecular weight is 194 g/mol. The molecule has 0 bridgehead atoms. The predicted octanol–water partition coefficient (Wildman–Crippen LogP) is 0.731. The number of esters is 1. The van der Waals surface area contributed by atoms with Crippen LogP contribution in [0.15, 0.2) is 23.0 Å². The van der Waals surface area contributed by atoms with Crippen LogP contribution in [0, 0.1) is 0 Å². The summed E-state index contributed by atoms with van der Waals surface area (Å²) in [6.07, 6.45) is 2.47. The molecule has 1 atom stereocenters. The van der Waals surface area contributed by atoms with Crippen molar-refractivity contribution in [3.63, 3.8) is 0 Å². The van der Waals surface area contributed by atoms with Crippen molar-refractivity contribution in [3.05, 3.63) is 23.0 Å². The lowest BCUT2D eigenvalue weighted by molar-refractivity contribution is -0.140. The van der Waals surface area contributed by atoms with E-state index in [4.69, 9.17) is 9.47 Å². The molecule has 0 N–H and O–H groups in total. The van der Waals surface area contributed by atoms with Crippen molar-refractivity contribution in [1.82, 2.24) is 0 Å². The smallest absolute Gasteiger partial charge is 0.341 e. The first-order chi connectivity index (χ1) is 6.74. The maximum Gasteiger partial charge on any atom is 0.341 e. The highest BCUT2D eigenvalue weighted by molar-refractivity contribution is 5.97. The van der Waals surface area contributed by atoms with E-state index in [-0.39, 0.29) is 6.10 Å². The van der Waals surface area contributed by atoms with Crippen molar-refractivity contribution in [3.8, 4) is 0 Å². The Morgan fingerprint density at radius 1 is 1.57 bits per heavy atom. The summed E-state index contributed by atoms with van der Waals surface area (Å²) in [5.41, 5.74) is 1.71. The van der Waals surface area contributed by atoms with Crippen LogP contribution in [0.1, 0.15) is 13.3 Å². The number of ether oxygens (including phenoxy) is 2. The molecule has 0 aromatic carbocycles. The third-order valence-corrected chi connectivity index (χ3v) is 2.43. The van der Waals surface area contributed by atoms with E-state index in [1.165, 1.54) is 6.26 Å². The van der Waals surface area contributed by atoms with Crippen LogP contribution in [-0.4, -0.2) is 25.0 Å². The van der Waals surface area contributed by atoms with Crippen LogP contribution in [0.25, 0.3) is 0 Å². The zero-order chi connectivity index (χ0) is 10.1. The largest absolute Gasteiger partial charge is 0.493 e. The van der Waals surface area contributed by atoms with Gasteiger partial charge in [-0.3, -0.25) is 4.79 Å². The minimum Gasteiger partial charge on any atom is -0.493 e. The molecule has 2 rings (SSSR count). The highest BCUT2D eigenvalue weighted by Gasteiger charge is 2.30. The summed E-state index contributed by atoms with van der Waals surface area (Å²) in [6.45, 7) is 2.12. The summed E-state index contributed by atoms with van der Waals surface area (Å²) in [5.74, 6) is -0.405. The van der Waals surface area contributed by atoms with Crippen molar-refractivity contribution in [2.24, 2.45) is 0 Å². The monoisotopic (exact) mass is 194 g/mol. The number of hydrogen-bond acceptors (Lipinski definition) is 4. The van der Waals surface area contributed by atoms with E-state index in [9.17, 15) is 9.59 Å². The van der Waals surface area contributed by atoms with Crippen molar-refractivity contribution in [2.45, 2.75) is 19.4 Å². The first-order valence-corrected chi connectivity index (χ1v) is 4.45. The minimum atomic E-state index is -0.405. The SMILES string of the molecule is C[C@H]1OC=C2C(=O)OCCC2=C1C=O. The van der Waals surface area contributed by atoms with Crippen molar-refractivity contribution >= 4 is 12.3 Å². The van der Waals surface area contributed by atoms with Gasteiger partial charge in [0.05, 0.1) is 18.4 Å². The Morgan fingerprint density at radius 2 is 2.36 bits per heavy atom. The molecule has 0 aliphatic carbocycles. The molecular weight excluding hydrogens is 184 g/mol. The molecule has 14 heavy (non-hydrogen) atoms. The Bertz CT molecular complexity index is 351. The highest BCUT2D eigenvalue weighted by Crippen LogP contribution is 2.30. The fourth-order valence-electron chi connectivity index (χ4n) is 1.66. The second-order valence-corrected chi connectivity index (χ2v) is 3.25. The molecule has 2 heterocycles. The Labute approximate surface area is 81.2 Å². The topological polar surface area (TPSA) is 52.6 Å². The van der Waals surface area contributed by atoms with Gasteiger partial charge in [-0.25, -0.2) is 4.79 Å². The van der Waals surface area contributed by atoms with Gasteiger partial charge in [0.1, 0.15) is 12.4 Å². The molecular formula is C10H10O4. The lowest BCUT2D eigenvalue weighted by Gasteiger charge is -2.26. The fourth-order valence-corrected chi connectivity index (χ4v) is 1.66. The zero-order valence-electron chi connectivity index (χ0n) is 7.78. The van der Waals surface area contributed by atoms with Gasteiger partial charge in [0.2, 0.25) is 0 Å². The minimum absolute atomic E-state index is 0.267. The quantitative estimate of drug-likeness (QED) is 0.456. The van der Waals surface area contributed by atoms with Gasteiger partial charge >= 0.3 is 5.97 Å². The molecule has 2 aliphatic heterocycles. The van der Waals surface area contributed by atoms with E-state index in [1.54, 1.807) is 6.92 Å². The van der Waals surface area contributed by atoms with E-state index in [0.29, 0.717) is 24.2 Å². The van der Waals surface area contributed by atoms with Crippen molar-refractivity contribution in [1.29, 1.82) is 0 Å². The molecule has 2 aliphatic rings. The summed E-state index contributed by atoms with van der Waals surface area (Å²) in [7, 11) is 0. The van der Waals surface area contributed by atoms with Crippen LogP contribution in [0.3, 0.4) is 0 Å². The summed E-state index contributed by atoms with van der Waals surface area (Å²) in [6, 6.07) is 0. The first kappa shape index (κ1) is 8.99. The number of carbonyl (C=O) groups is 2. The zero-order valence-corrected chi connectivity index (χ0v) is 7.78. The van der Waals surface area contributed by atoms with Gasteiger partial charge in [-0.1, -0.05) is 0 Å². The molecule has 0 unspecified atom stereocenters. The molecule has 74 valence electrons. The molecule has 0 amide bonds. The molecule has 0 aromatic heterocycles.